The maximum absolute atomic E-state index is 13.7. The Labute approximate surface area is 140 Å². The summed E-state index contributed by atoms with van der Waals surface area (Å²) in [6, 6.07) is 9.27. The quantitative estimate of drug-likeness (QED) is 0.869. The largest absolute Gasteiger partial charge is 0.332 e. The summed E-state index contributed by atoms with van der Waals surface area (Å²) in [5, 5.41) is 4.61. The van der Waals surface area contributed by atoms with Crippen LogP contribution >= 0.6 is 0 Å². The van der Waals surface area contributed by atoms with Crippen LogP contribution in [-0.2, 0) is 17.6 Å². The number of carbonyl (C=O) groups excluding carboxylic acids is 1. The lowest BCUT2D eigenvalue weighted by Gasteiger charge is -2.12. The second-order valence-corrected chi connectivity index (χ2v) is 6.28. The molecule has 2 aromatic carbocycles. The minimum atomic E-state index is -0.599. The summed E-state index contributed by atoms with van der Waals surface area (Å²) >= 11 is 0. The van der Waals surface area contributed by atoms with Gasteiger partial charge in [0, 0.05) is 17.3 Å². The van der Waals surface area contributed by atoms with Gasteiger partial charge in [-0.1, -0.05) is 6.07 Å². The van der Waals surface area contributed by atoms with Gasteiger partial charge in [-0.25, -0.2) is 8.78 Å². The monoisotopic (exact) mass is 331 g/mol. The lowest BCUT2D eigenvalue weighted by molar-refractivity contribution is -0.682. The number of amides is 1. The van der Waals surface area contributed by atoms with Crippen molar-refractivity contribution in [2.45, 2.75) is 32.2 Å². The van der Waals surface area contributed by atoms with E-state index in [2.05, 4.69) is 11.4 Å². The summed E-state index contributed by atoms with van der Waals surface area (Å²) in [4.78, 5) is 12.1. The van der Waals surface area contributed by atoms with Crippen LogP contribution in [0, 0.1) is 11.6 Å². The predicted molar refractivity (Wildman–Crippen MR) is 88.7 cm³/mol. The lowest BCUT2D eigenvalue weighted by atomic mass is 10.1. The Morgan fingerprint density at radius 2 is 1.96 bits per heavy atom. The minimum Gasteiger partial charge on any atom is -0.332 e. The van der Waals surface area contributed by atoms with Crippen molar-refractivity contribution >= 4 is 11.6 Å². The van der Waals surface area contributed by atoms with E-state index in [-0.39, 0.29) is 18.5 Å². The molecule has 0 heterocycles. The molecular formula is C19H21F2N2O+. The Morgan fingerprint density at radius 1 is 1.17 bits per heavy atom. The minimum absolute atomic E-state index is 0.137. The van der Waals surface area contributed by atoms with Gasteiger partial charge in [0.2, 0.25) is 0 Å². The molecule has 3 nitrogen and oxygen atoms in total. The van der Waals surface area contributed by atoms with E-state index in [0.29, 0.717) is 5.56 Å². The molecule has 0 unspecified atom stereocenters. The van der Waals surface area contributed by atoms with Crippen molar-refractivity contribution in [1.29, 1.82) is 0 Å². The van der Waals surface area contributed by atoms with E-state index in [4.69, 9.17) is 0 Å². The van der Waals surface area contributed by atoms with Crippen molar-refractivity contribution in [3.8, 4) is 0 Å². The summed E-state index contributed by atoms with van der Waals surface area (Å²) in [5.74, 6) is -1.32. The first-order chi connectivity index (χ1) is 11.5. The van der Waals surface area contributed by atoms with Gasteiger partial charge in [-0.05, 0) is 61.6 Å². The highest BCUT2D eigenvalue weighted by Gasteiger charge is 2.17. The van der Waals surface area contributed by atoms with E-state index in [9.17, 15) is 13.6 Å². The summed E-state index contributed by atoms with van der Waals surface area (Å²) in [6.45, 7) is 1.97. The SMILES string of the molecule is C[C@H]([NH2+]CC(=O)Nc1ccc2c(c1)CCC2)c1ccc(F)cc1F. The number of carbonyl (C=O) groups is 1. The highest BCUT2D eigenvalue weighted by molar-refractivity contribution is 5.91. The predicted octanol–water partition coefficient (Wildman–Crippen LogP) is 2.72. The first-order valence-corrected chi connectivity index (χ1v) is 8.23. The second kappa shape index (κ2) is 7.09. The van der Waals surface area contributed by atoms with E-state index < -0.39 is 11.6 Å². The molecule has 1 aliphatic rings. The third kappa shape index (κ3) is 3.79. The Kier molecular flexibility index (Phi) is 4.90. The van der Waals surface area contributed by atoms with Crippen LogP contribution < -0.4 is 10.6 Å². The van der Waals surface area contributed by atoms with Gasteiger partial charge in [-0.15, -0.1) is 0 Å². The molecule has 0 radical (unpaired) electrons. The molecule has 2 aromatic rings. The molecule has 3 N–H and O–H groups in total. The van der Waals surface area contributed by atoms with Crippen molar-refractivity contribution in [2.75, 3.05) is 11.9 Å². The van der Waals surface area contributed by atoms with Crippen molar-refractivity contribution in [3.05, 3.63) is 64.7 Å². The number of fused-ring (bicyclic) bond motifs is 1. The van der Waals surface area contributed by atoms with Crippen LogP contribution in [0.4, 0.5) is 14.5 Å². The fourth-order valence-electron chi connectivity index (χ4n) is 3.14. The molecule has 0 fully saturated rings. The van der Waals surface area contributed by atoms with Crippen LogP contribution in [0.25, 0.3) is 0 Å². The molecule has 24 heavy (non-hydrogen) atoms. The fraction of sp³-hybridized carbons (Fsp3) is 0.316. The van der Waals surface area contributed by atoms with E-state index in [1.807, 2.05) is 12.1 Å². The molecule has 1 atom stereocenters. The molecule has 0 saturated heterocycles. The second-order valence-electron chi connectivity index (χ2n) is 6.28. The number of quaternary nitrogens is 1. The van der Waals surface area contributed by atoms with Crippen LogP contribution in [0.1, 0.15) is 36.1 Å². The number of hydrogen-bond acceptors (Lipinski definition) is 1. The number of halogens is 2. The van der Waals surface area contributed by atoms with E-state index >= 15 is 0 Å². The number of anilines is 1. The van der Waals surface area contributed by atoms with Gasteiger partial charge in [0.25, 0.3) is 5.91 Å². The smallest absolute Gasteiger partial charge is 0.279 e. The Morgan fingerprint density at radius 3 is 2.75 bits per heavy atom. The molecule has 1 aliphatic carbocycles. The number of nitrogens with two attached hydrogens (primary N) is 1. The van der Waals surface area contributed by atoms with Gasteiger partial charge in [0.1, 0.15) is 17.7 Å². The molecule has 126 valence electrons. The maximum atomic E-state index is 13.7. The molecule has 0 spiro atoms. The van der Waals surface area contributed by atoms with Gasteiger partial charge >= 0.3 is 0 Å². The topological polar surface area (TPSA) is 45.7 Å². The number of nitrogens with one attached hydrogen (secondary N) is 1. The third-order valence-electron chi connectivity index (χ3n) is 4.49. The van der Waals surface area contributed by atoms with Gasteiger partial charge in [-0.3, -0.25) is 4.79 Å². The van der Waals surface area contributed by atoms with Crippen LogP contribution in [-0.4, -0.2) is 12.5 Å². The molecule has 0 aliphatic heterocycles. The molecule has 5 heteroatoms. The Bertz CT molecular complexity index is 761. The zero-order chi connectivity index (χ0) is 17.1. The molecule has 0 bridgehead atoms. The summed E-state index contributed by atoms with van der Waals surface area (Å²) in [5.41, 5.74) is 3.86. The van der Waals surface area contributed by atoms with Crippen LogP contribution in [0.15, 0.2) is 36.4 Å². The van der Waals surface area contributed by atoms with Gasteiger partial charge in [-0.2, -0.15) is 0 Å². The average molecular weight is 331 g/mol. The summed E-state index contributed by atoms with van der Waals surface area (Å²) < 4.78 is 26.7. The van der Waals surface area contributed by atoms with Gasteiger partial charge < -0.3 is 10.6 Å². The molecule has 1 amide bonds. The third-order valence-corrected chi connectivity index (χ3v) is 4.49. The van der Waals surface area contributed by atoms with Crippen LogP contribution in [0.2, 0.25) is 0 Å². The zero-order valence-corrected chi connectivity index (χ0v) is 13.6. The standard InChI is InChI=1S/C19H20F2N2O/c1-12(17-8-6-15(20)10-18(17)21)22-11-19(24)23-16-7-5-13-3-2-4-14(13)9-16/h5-10,12,22H,2-4,11H2,1H3,(H,23,24)/p+1/t12-/m0/s1. The van der Waals surface area contributed by atoms with Crippen LogP contribution in [0.5, 0.6) is 0 Å². The van der Waals surface area contributed by atoms with Crippen molar-refractivity contribution in [2.24, 2.45) is 0 Å². The molecule has 3 rings (SSSR count). The number of rotatable bonds is 5. The highest BCUT2D eigenvalue weighted by Crippen LogP contribution is 2.24. The summed E-state index contributed by atoms with van der Waals surface area (Å²) in [7, 11) is 0. The molecule has 0 saturated carbocycles. The Balaban J connectivity index is 1.55. The number of benzene rings is 2. The van der Waals surface area contributed by atoms with Gasteiger partial charge in [0.15, 0.2) is 6.54 Å². The van der Waals surface area contributed by atoms with E-state index in [0.717, 1.165) is 24.6 Å². The lowest BCUT2D eigenvalue weighted by Crippen LogP contribution is -2.86. The van der Waals surface area contributed by atoms with Crippen molar-refractivity contribution in [3.63, 3.8) is 0 Å². The van der Waals surface area contributed by atoms with Gasteiger partial charge in [0.05, 0.1) is 0 Å². The average Bonchev–Trinajstić information content (AvgIpc) is 3.00. The zero-order valence-electron chi connectivity index (χ0n) is 13.6. The number of hydrogen-bond donors (Lipinski definition) is 2. The fourth-order valence-corrected chi connectivity index (χ4v) is 3.14. The van der Waals surface area contributed by atoms with E-state index in [1.165, 1.54) is 29.7 Å². The molecule has 0 aromatic heterocycles. The Hall–Kier alpha value is -2.27. The molecular weight excluding hydrogens is 310 g/mol. The van der Waals surface area contributed by atoms with Crippen molar-refractivity contribution < 1.29 is 18.9 Å². The van der Waals surface area contributed by atoms with E-state index in [1.54, 1.807) is 12.2 Å². The normalized spacial score (nSPS) is 14.3. The maximum Gasteiger partial charge on any atom is 0.279 e. The van der Waals surface area contributed by atoms with Crippen LogP contribution in [0.3, 0.4) is 0 Å². The first-order valence-electron chi connectivity index (χ1n) is 8.23. The number of aryl methyl sites for hydroxylation is 2. The first kappa shape index (κ1) is 16.6. The highest BCUT2D eigenvalue weighted by atomic mass is 19.1. The van der Waals surface area contributed by atoms with Crippen molar-refractivity contribution in [1.82, 2.24) is 0 Å². The summed E-state index contributed by atoms with van der Waals surface area (Å²) in [6.07, 6.45) is 3.34.